The van der Waals surface area contributed by atoms with Crippen molar-refractivity contribution >= 4 is 11.9 Å². The maximum Gasteiger partial charge on any atom is 0.313 e. The highest BCUT2D eigenvalue weighted by atomic mass is 16.6. The van der Waals surface area contributed by atoms with Crippen molar-refractivity contribution in [1.82, 2.24) is 0 Å². The van der Waals surface area contributed by atoms with Crippen LogP contribution in [0.25, 0.3) is 0 Å². The van der Waals surface area contributed by atoms with Gasteiger partial charge in [-0.05, 0) is 103 Å². The van der Waals surface area contributed by atoms with Gasteiger partial charge in [0.2, 0.25) is 0 Å². The number of allylic oxidation sites excluding steroid dienone is 24. The normalized spacial score (nSPS) is 13.3. The largest absolute Gasteiger partial charge is 0.393 e. The smallest absolute Gasteiger partial charge is 0.313 e. The molecular weight excluding hydrogens is 601 g/mol. The van der Waals surface area contributed by atoms with Crippen molar-refractivity contribution in [1.29, 1.82) is 0 Å². The van der Waals surface area contributed by atoms with Gasteiger partial charge in [0.25, 0.3) is 0 Å². The van der Waals surface area contributed by atoms with E-state index in [9.17, 15) is 9.59 Å². The molecule has 0 saturated heterocycles. The highest BCUT2D eigenvalue weighted by Gasteiger charge is 2.09. The lowest BCUT2D eigenvalue weighted by Gasteiger charge is -2.01. The molecule has 0 N–H and O–H groups in total. The zero-order valence-electron chi connectivity index (χ0n) is 30.8. The number of esters is 2. The van der Waals surface area contributed by atoms with Crippen molar-refractivity contribution in [2.75, 3.05) is 0 Å². The number of ether oxygens (including phenoxy) is 1. The van der Waals surface area contributed by atoms with Crippen LogP contribution >= 0.6 is 0 Å². The van der Waals surface area contributed by atoms with E-state index < -0.39 is 11.9 Å². The van der Waals surface area contributed by atoms with E-state index >= 15 is 0 Å². The quantitative estimate of drug-likeness (QED) is 0.0332. The van der Waals surface area contributed by atoms with Crippen LogP contribution in [0.1, 0.15) is 129 Å². The molecule has 0 heterocycles. The summed E-state index contributed by atoms with van der Waals surface area (Å²) < 4.78 is 4.95. The average molecular weight is 667 g/mol. The predicted octanol–water partition coefficient (Wildman–Crippen LogP) is 13.8. The minimum absolute atomic E-state index is 0.269. The summed E-state index contributed by atoms with van der Waals surface area (Å²) in [6.45, 7) is 4.30. The van der Waals surface area contributed by atoms with E-state index in [4.69, 9.17) is 4.74 Å². The van der Waals surface area contributed by atoms with Crippen molar-refractivity contribution in [2.45, 2.75) is 129 Å². The third kappa shape index (κ3) is 40.1. The maximum absolute atomic E-state index is 11.9. The van der Waals surface area contributed by atoms with E-state index in [0.717, 1.165) is 89.9 Å². The molecule has 0 aromatic carbocycles. The van der Waals surface area contributed by atoms with Crippen LogP contribution in [0.3, 0.4) is 0 Å². The molecule has 268 valence electrons. The summed E-state index contributed by atoms with van der Waals surface area (Å²) in [5.74, 6) is -0.852. The summed E-state index contributed by atoms with van der Waals surface area (Å²) in [7, 11) is 0. The lowest BCUT2D eigenvalue weighted by molar-refractivity contribution is -0.159. The number of rotatable bonds is 30. The van der Waals surface area contributed by atoms with Gasteiger partial charge in [-0.25, -0.2) is 0 Å². The predicted molar refractivity (Wildman–Crippen MR) is 215 cm³/mol. The van der Waals surface area contributed by atoms with E-state index in [-0.39, 0.29) is 12.8 Å². The number of hydrogen-bond donors (Lipinski definition) is 0. The lowest BCUT2D eigenvalue weighted by Crippen LogP contribution is -2.11. The molecule has 0 rings (SSSR count). The fourth-order valence-electron chi connectivity index (χ4n) is 4.24. The Bertz CT molecular complexity index is 1050. The number of hydrogen-bond acceptors (Lipinski definition) is 3. The zero-order valence-corrected chi connectivity index (χ0v) is 30.8. The monoisotopic (exact) mass is 667 g/mol. The van der Waals surface area contributed by atoms with Crippen LogP contribution < -0.4 is 0 Å². The van der Waals surface area contributed by atoms with Gasteiger partial charge in [-0.2, -0.15) is 0 Å². The third-order valence-electron chi connectivity index (χ3n) is 6.92. The van der Waals surface area contributed by atoms with Gasteiger partial charge in [-0.1, -0.05) is 160 Å². The molecule has 0 spiro atoms. The topological polar surface area (TPSA) is 43.4 Å². The Morgan fingerprint density at radius 2 is 0.531 bits per heavy atom. The van der Waals surface area contributed by atoms with Gasteiger partial charge in [0.15, 0.2) is 0 Å². The van der Waals surface area contributed by atoms with Gasteiger partial charge < -0.3 is 4.74 Å². The van der Waals surface area contributed by atoms with Crippen LogP contribution in [0.4, 0.5) is 0 Å². The first kappa shape index (κ1) is 45.0. The molecule has 0 atom stereocenters. The molecular formula is C46H66O3. The highest BCUT2D eigenvalue weighted by Crippen LogP contribution is 2.05. The molecule has 0 fully saturated rings. The third-order valence-corrected chi connectivity index (χ3v) is 6.92. The number of carbonyl (C=O) groups is 2. The van der Waals surface area contributed by atoms with Gasteiger partial charge in [0, 0.05) is 12.8 Å². The van der Waals surface area contributed by atoms with Crippen molar-refractivity contribution in [3.8, 4) is 0 Å². The molecule has 0 aromatic rings. The molecule has 49 heavy (non-hydrogen) atoms. The van der Waals surface area contributed by atoms with E-state index in [2.05, 4.69) is 160 Å². The summed E-state index contributed by atoms with van der Waals surface area (Å²) in [4.78, 5) is 23.9. The second-order valence-electron chi connectivity index (χ2n) is 11.5. The first-order valence-corrected chi connectivity index (χ1v) is 18.7. The Balaban J connectivity index is 3.69. The van der Waals surface area contributed by atoms with Crippen LogP contribution in [-0.2, 0) is 14.3 Å². The zero-order chi connectivity index (χ0) is 35.6. The summed E-state index contributed by atoms with van der Waals surface area (Å²) in [6.07, 6.45) is 67.6. The fourth-order valence-corrected chi connectivity index (χ4v) is 4.24. The second kappa shape index (κ2) is 40.2. The minimum Gasteiger partial charge on any atom is -0.393 e. The van der Waals surface area contributed by atoms with E-state index in [1.807, 2.05) is 0 Å². The van der Waals surface area contributed by atoms with Crippen molar-refractivity contribution < 1.29 is 14.3 Å². The molecule has 0 aliphatic heterocycles. The SMILES string of the molecule is CC/C=C\C/C=C\C/C=C\C/C=C\C/C=C\C/C=C/CCCC(=O)OC(=O)CCC/C=C/C/C=C\C/C=C\C/C=C\C/C=C\C/C=C\CC. The Morgan fingerprint density at radius 3 is 0.755 bits per heavy atom. The number of carbonyl (C=O) groups excluding carboxylic acids is 2. The van der Waals surface area contributed by atoms with Gasteiger partial charge in [-0.15, -0.1) is 0 Å². The molecule has 0 saturated carbocycles. The molecule has 3 nitrogen and oxygen atoms in total. The first-order valence-electron chi connectivity index (χ1n) is 18.7. The molecule has 0 aromatic heterocycles. The Kier molecular flexibility index (Phi) is 36.9. The molecule has 0 bridgehead atoms. The molecule has 0 unspecified atom stereocenters. The first-order chi connectivity index (χ1) is 24.2. The molecule has 3 heteroatoms. The lowest BCUT2D eigenvalue weighted by atomic mass is 10.2. The standard InChI is InChI=1S/C46H66O3/c1-3-5-7-9-11-13-15-17-19-21-23-25-27-29-31-33-35-37-39-41-43-45(47)49-46(48)44-42-40-38-36-34-32-30-28-26-24-22-20-18-16-14-12-10-8-6-4-2/h5-8,11-14,17-20,23-26,29-32,35-38H,3-4,9-10,15-16,21-22,27-28,33-34,39-44H2,1-2H3/b7-5-,8-6-,13-11-,14-12-,19-17-,20-18-,25-23-,26-24-,31-29-,32-30-,37-35+,38-36+. The molecule has 0 amide bonds. The van der Waals surface area contributed by atoms with Gasteiger partial charge in [0.1, 0.15) is 0 Å². The highest BCUT2D eigenvalue weighted by molar-refractivity contribution is 5.85. The Hall–Kier alpha value is -3.98. The second-order valence-corrected chi connectivity index (χ2v) is 11.5. The van der Waals surface area contributed by atoms with E-state index in [1.165, 1.54) is 0 Å². The van der Waals surface area contributed by atoms with Crippen LogP contribution in [0, 0.1) is 0 Å². The molecule has 0 radical (unpaired) electrons. The van der Waals surface area contributed by atoms with Crippen molar-refractivity contribution in [2.24, 2.45) is 0 Å². The molecule has 0 aliphatic carbocycles. The summed E-state index contributed by atoms with van der Waals surface area (Å²) in [5.41, 5.74) is 0. The van der Waals surface area contributed by atoms with Gasteiger partial charge >= 0.3 is 11.9 Å². The summed E-state index contributed by atoms with van der Waals surface area (Å²) >= 11 is 0. The van der Waals surface area contributed by atoms with Crippen LogP contribution in [0.15, 0.2) is 146 Å². The van der Waals surface area contributed by atoms with E-state index in [0.29, 0.717) is 12.8 Å². The minimum atomic E-state index is -0.426. The average Bonchev–Trinajstić information content (AvgIpc) is 3.10. The van der Waals surface area contributed by atoms with Gasteiger partial charge in [0.05, 0.1) is 0 Å². The summed E-state index contributed by atoms with van der Waals surface area (Å²) in [6, 6.07) is 0. The molecule has 0 aliphatic rings. The van der Waals surface area contributed by atoms with Crippen LogP contribution in [0.5, 0.6) is 0 Å². The summed E-state index contributed by atoms with van der Waals surface area (Å²) in [5, 5.41) is 0. The van der Waals surface area contributed by atoms with Crippen LogP contribution in [-0.4, -0.2) is 11.9 Å². The Labute approximate surface area is 300 Å². The maximum atomic E-state index is 11.9. The van der Waals surface area contributed by atoms with E-state index in [1.54, 1.807) is 0 Å². The Morgan fingerprint density at radius 1 is 0.327 bits per heavy atom. The number of unbranched alkanes of at least 4 members (excludes halogenated alkanes) is 2. The fraction of sp³-hybridized carbons (Fsp3) is 0.435. The van der Waals surface area contributed by atoms with Gasteiger partial charge in [-0.3, -0.25) is 9.59 Å². The van der Waals surface area contributed by atoms with Crippen molar-refractivity contribution in [3.05, 3.63) is 146 Å². The van der Waals surface area contributed by atoms with Crippen LogP contribution in [0.2, 0.25) is 0 Å². The van der Waals surface area contributed by atoms with Crippen molar-refractivity contribution in [3.63, 3.8) is 0 Å².